The molecule has 0 radical (unpaired) electrons. The quantitative estimate of drug-likeness (QED) is 0.891. The van der Waals surface area contributed by atoms with E-state index < -0.39 is 0 Å². The molecule has 1 saturated carbocycles. The van der Waals surface area contributed by atoms with Crippen LogP contribution in [0.3, 0.4) is 0 Å². The standard InChI is InChI=1S/C16H21N3OS/c1-16(2)14(17-9-13-11-21-19-18-13)8-15(16)20-10-12-6-4-3-5-7-12/h3-7,11,14-15,17H,8-10H2,1-2H3/t14-,15+/m0/s1. The lowest BCUT2D eigenvalue weighted by atomic mass is 9.64. The summed E-state index contributed by atoms with van der Waals surface area (Å²) in [5.74, 6) is 0. The van der Waals surface area contributed by atoms with Gasteiger partial charge in [0.1, 0.15) is 0 Å². The van der Waals surface area contributed by atoms with Gasteiger partial charge in [0.05, 0.1) is 18.4 Å². The van der Waals surface area contributed by atoms with Crippen LogP contribution in [0.1, 0.15) is 31.5 Å². The first-order valence-corrected chi connectivity index (χ1v) is 8.15. The van der Waals surface area contributed by atoms with Crippen molar-refractivity contribution >= 4 is 11.5 Å². The lowest BCUT2D eigenvalue weighted by Gasteiger charge is -2.52. The first kappa shape index (κ1) is 14.6. The lowest BCUT2D eigenvalue weighted by molar-refractivity contribution is -0.125. The first-order valence-electron chi connectivity index (χ1n) is 7.31. The molecule has 1 N–H and O–H groups in total. The molecule has 0 bridgehead atoms. The fourth-order valence-corrected chi connectivity index (χ4v) is 3.23. The van der Waals surface area contributed by atoms with Crippen molar-refractivity contribution in [3.05, 3.63) is 47.0 Å². The van der Waals surface area contributed by atoms with E-state index in [-0.39, 0.29) is 5.41 Å². The summed E-state index contributed by atoms with van der Waals surface area (Å²) in [4.78, 5) is 0. The van der Waals surface area contributed by atoms with E-state index in [2.05, 4.69) is 53.0 Å². The van der Waals surface area contributed by atoms with E-state index in [9.17, 15) is 0 Å². The summed E-state index contributed by atoms with van der Waals surface area (Å²) in [6.45, 7) is 6.01. The van der Waals surface area contributed by atoms with Crippen molar-refractivity contribution in [1.29, 1.82) is 0 Å². The van der Waals surface area contributed by atoms with Gasteiger partial charge in [0.25, 0.3) is 0 Å². The van der Waals surface area contributed by atoms with E-state index >= 15 is 0 Å². The third-order valence-corrected chi connectivity index (χ3v) is 4.96. The van der Waals surface area contributed by atoms with Crippen LogP contribution < -0.4 is 5.32 Å². The van der Waals surface area contributed by atoms with Gasteiger partial charge in [-0.1, -0.05) is 48.7 Å². The monoisotopic (exact) mass is 303 g/mol. The molecule has 2 atom stereocenters. The number of aromatic nitrogens is 2. The highest BCUT2D eigenvalue weighted by Crippen LogP contribution is 2.43. The fraction of sp³-hybridized carbons (Fsp3) is 0.500. The SMILES string of the molecule is CC1(C)[C@@H](NCc2csnn2)C[C@H]1OCc1ccccc1. The molecule has 0 aliphatic heterocycles. The Labute approximate surface area is 129 Å². The third kappa shape index (κ3) is 3.31. The van der Waals surface area contributed by atoms with Crippen LogP contribution in [0.25, 0.3) is 0 Å². The molecule has 5 heteroatoms. The second-order valence-corrected chi connectivity index (χ2v) is 6.78. The van der Waals surface area contributed by atoms with E-state index in [4.69, 9.17) is 4.74 Å². The van der Waals surface area contributed by atoms with Gasteiger partial charge in [-0.15, -0.1) is 5.10 Å². The summed E-state index contributed by atoms with van der Waals surface area (Å²) < 4.78 is 9.97. The van der Waals surface area contributed by atoms with Crippen molar-refractivity contribution in [3.8, 4) is 0 Å². The van der Waals surface area contributed by atoms with E-state index in [0.717, 1.165) is 18.7 Å². The third-order valence-electron chi connectivity index (χ3n) is 4.41. The van der Waals surface area contributed by atoms with Crippen LogP contribution >= 0.6 is 11.5 Å². The van der Waals surface area contributed by atoms with Crippen molar-refractivity contribution in [2.45, 2.75) is 45.6 Å². The number of hydrogen-bond acceptors (Lipinski definition) is 5. The fourth-order valence-electron chi connectivity index (χ4n) is 2.77. The van der Waals surface area contributed by atoms with Crippen molar-refractivity contribution in [2.24, 2.45) is 5.41 Å². The van der Waals surface area contributed by atoms with Crippen LogP contribution in [0.15, 0.2) is 35.7 Å². The van der Waals surface area contributed by atoms with E-state index in [1.807, 2.05) is 11.4 Å². The molecule has 0 saturated heterocycles. The highest BCUT2D eigenvalue weighted by Gasteiger charge is 2.48. The van der Waals surface area contributed by atoms with Gasteiger partial charge in [0.2, 0.25) is 0 Å². The maximum atomic E-state index is 6.08. The smallest absolute Gasteiger partial charge is 0.0893 e. The zero-order chi connectivity index (χ0) is 14.7. The Morgan fingerprint density at radius 1 is 1.33 bits per heavy atom. The topological polar surface area (TPSA) is 47.0 Å². The Balaban J connectivity index is 1.47. The van der Waals surface area contributed by atoms with Crippen molar-refractivity contribution < 1.29 is 4.74 Å². The Bertz CT molecular complexity index is 556. The molecule has 4 nitrogen and oxygen atoms in total. The summed E-state index contributed by atoms with van der Waals surface area (Å²) in [7, 11) is 0. The molecule has 0 unspecified atom stereocenters. The molecule has 1 aliphatic carbocycles. The number of nitrogens with one attached hydrogen (secondary N) is 1. The van der Waals surface area contributed by atoms with Gasteiger partial charge in [-0.05, 0) is 23.5 Å². The summed E-state index contributed by atoms with van der Waals surface area (Å²) in [6.07, 6.45) is 1.36. The average molecular weight is 303 g/mol. The second-order valence-electron chi connectivity index (χ2n) is 6.17. The minimum absolute atomic E-state index is 0.151. The van der Waals surface area contributed by atoms with Crippen LogP contribution in [-0.4, -0.2) is 21.7 Å². The normalized spacial score (nSPS) is 23.7. The molecule has 0 amide bonds. The first-order chi connectivity index (χ1) is 10.2. The maximum Gasteiger partial charge on any atom is 0.0893 e. The average Bonchev–Trinajstić information content (AvgIpc) is 3.00. The Morgan fingerprint density at radius 3 is 2.81 bits per heavy atom. The molecular weight excluding hydrogens is 282 g/mol. The highest BCUT2D eigenvalue weighted by molar-refractivity contribution is 7.03. The molecule has 0 spiro atoms. The molecular formula is C16H21N3OS. The van der Waals surface area contributed by atoms with E-state index in [1.54, 1.807) is 0 Å². The molecule has 1 aliphatic rings. The number of ether oxygens (including phenoxy) is 1. The minimum Gasteiger partial charge on any atom is -0.373 e. The molecule has 1 heterocycles. The molecule has 1 aromatic heterocycles. The van der Waals surface area contributed by atoms with Crippen molar-refractivity contribution in [1.82, 2.24) is 14.9 Å². The van der Waals surface area contributed by atoms with Gasteiger partial charge < -0.3 is 10.1 Å². The van der Waals surface area contributed by atoms with Gasteiger partial charge in [-0.2, -0.15) is 0 Å². The van der Waals surface area contributed by atoms with E-state index in [1.165, 1.54) is 17.1 Å². The van der Waals surface area contributed by atoms with Crippen molar-refractivity contribution in [3.63, 3.8) is 0 Å². The van der Waals surface area contributed by atoms with Crippen LogP contribution in [-0.2, 0) is 17.9 Å². The summed E-state index contributed by atoms with van der Waals surface area (Å²) in [6, 6.07) is 10.8. The van der Waals surface area contributed by atoms with Gasteiger partial charge >= 0.3 is 0 Å². The van der Waals surface area contributed by atoms with Crippen molar-refractivity contribution in [2.75, 3.05) is 0 Å². The van der Waals surface area contributed by atoms with E-state index in [0.29, 0.717) is 18.8 Å². The summed E-state index contributed by atoms with van der Waals surface area (Å²) in [5, 5.41) is 9.62. The van der Waals surface area contributed by atoms with Crippen LogP contribution in [0.2, 0.25) is 0 Å². The summed E-state index contributed by atoms with van der Waals surface area (Å²) >= 11 is 1.40. The Morgan fingerprint density at radius 2 is 2.14 bits per heavy atom. The number of benzene rings is 1. The largest absolute Gasteiger partial charge is 0.373 e. The minimum atomic E-state index is 0.151. The molecule has 2 aromatic rings. The molecule has 1 fully saturated rings. The van der Waals surface area contributed by atoms with Crippen LogP contribution in [0.4, 0.5) is 0 Å². The highest BCUT2D eigenvalue weighted by atomic mass is 32.1. The Hall–Kier alpha value is -1.30. The second kappa shape index (κ2) is 6.22. The number of nitrogens with zero attached hydrogens (tertiary/aromatic N) is 2. The summed E-state index contributed by atoms with van der Waals surface area (Å²) in [5.41, 5.74) is 2.40. The Kier molecular flexibility index (Phi) is 4.33. The predicted molar refractivity (Wildman–Crippen MR) is 84.0 cm³/mol. The van der Waals surface area contributed by atoms with Gasteiger partial charge in [-0.25, -0.2) is 0 Å². The lowest BCUT2D eigenvalue weighted by Crippen LogP contribution is -2.60. The molecule has 1 aromatic carbocycles. The number of rotatable bonds is 6. The number of hydrogen-bond donors (Lipinski definition) is 1. The zero-order valence-electron chi connectivity index (χ0n) is 12.5. The predicted octanol–water partition coefficient (Wildman–Crippen LogP) is 3.01. The van der Waals surface area contributed by atoms with Crippen LogP contribution in [0.5, 0.6) is 0 Å². The molecule has 3 rings (SSSR count). The van der Waals surface area contributed by atoms with Gasteiger partial charge in [0, 0.05) is 23.4 Å². The maximum absolute atomic E-state index is 6.08. The van der Waals surface area contributed by atoms with Gasteiger partial charge in [0.15, 0.2) is 0 Å². The van der Waals surface area contributed by atoms with Gasteiger partial charge in [-0.3, -0.25) is 0 Å². The molecule has 21 heavy (non-hydrogen) atoms. The van der Waals surface area contributed by atoms with Crippen LogP contribution in [0, 0.1) is 5.41 Å². The molecule has 112 valence electrons. The zero-order valence-corrected chi connectivity index (χ0v) is 13.3.